The van der Waals surface area contributed by atoms with Crippen LogP contribution >= 0.6 is 0 Å². The van der Waals surface area contributed by atoms with Gasteiger partial charge in [0, 0.05) is 0 Å². The monoisotopic (exact) mass is 418 g/mol. The van der Waals surface area contributed by atoms with E-state index in [-0.39, 0.29) is 6.61 Å². The molecule has 0 saturated carbocycles. The van der Waals surface area contributed by atoms with Crippen LogP contribution < -0.4 is 0 Å². The fourth-order valence-corrected chi connectivity index (χ4v) is 2.39. The molecule has 0 unspecified atom stereocenters. The summed E-state index contributed by atoms with van der Waals surface area (Å²) in [5.74, 6) is 0. The lowest BCUT2D eigenvalue weighted by atomic mass is 10.1. The first-order chi connectivity index (χ1) is 14.7. The second kappa shape index (κ2) is 18.2. The van der Waals surface area contributed by atoms with E-state index < -0.39 is 0 Å². The first-order valence-electron chi connectivity index (χ1n) is 11.0. The molecule has 0 amide bonds. The van der Waals surface area contributed by atoms with Crippen LogP contribution in [0.1, 0.15) is 61.3 Å². The lowest BCUT2D eigenvalue weighted by Crippen LogP contribution is -1.81. The summed E-state index contributed by atoms with van der Waals surface area (Å²) in [6, 6.07) is 0. The molecule has 168 valence electrons. The third-order valence-corrected chi connectivity index (χ3v) is 4.37. The van der Waals surface area contributed by atoms with Crippen molar-refractivity contribution in [3.63, 3.8) is 0 Å². The Labute approximate surface area is 191 Å². The van der Waals surface area contributed by atoms with Gasteiger partial charge in [-0.05, 0) is 66.9 Å². The number of aliphatic hydroxyl groups is 1. The van der Waals surface area contributed by atoms with Crippen LogP contribution in [0.2, 0.25) is 0 Å². The van der Waals surface area contributed by atoms with E-state index >= 15 is 0 Å². The number of aliphatic hydroxyl groups excluding tert-OH is 1. The maximum Gasteiger partial charge on any atom is 0.0642 e. The lowest BCUT2D eigenvalue weighted by Gasteiger charge is -1.96. The maximum atomic E-state index is 8.96. The minimum absolute atomic E-state index is 0.100. The molecule has 1 nitrogen and oxygen atoms in total. The summed E-state index contributed by atoms with van der Waals surface area (Å²) in [7, 11) is 0. The van der Waals surface area contributed by atoms with Gasteiger partial charge in [-0.15, -0.1) is 0 Å². The van der Waals surface area contributed by atoms with Crippen molar-refractivity contribution < 1.29 is 5.11 Å². The first kappa shape index (κ1) is 28.4. The van der Waals surface area contributed by atoms with E-state index in [9.17, 15) is 0 Å². The van der Waals surface area contributed by atoms with Crippen LogP contribution in [0.5, 0.6) is 0 Å². The van der Waals surface area contributed by atoms with E-state index in [1.54, 1.807) is 0 Å². The van der Waals surface area contributed by atoms with Gasteiger partial charge in [0.15, 0.2) is 0 Å². The zero-order valence-electron chi connectivity index (χ0n) is 20.7. The minimum Gasteiger partial charge on any atom is -0.392 e. The Morgan fingerprint density at radius 3 is 1.42 bits per heavy atom. The van der Waals surface area contributed by atoms with E-state index in [2.05, 4.69) is 96.2 Å². The van der Waals surface area contributed by atoms with Crippen LogP contribution in [0.25, 0.3) is 0 Å². The van der Waals surface area contributed by atoms with Gasteiger partial charge in [-0.25, -0.2) is 0 Å². The Balaban J connectivity index is 4.61. The highest BCUT2D eigenvalue weighted by atomic mass is 16.3. The summed E-state index contributed by atoms with van der Waals surface area (Å²) in [5.41, 5.74) is 7.32. The van der Waals surface area contributed by atoms with E-state index in [0.717, 1.165) is 24.0 Å². The molecule has 0 aliphatic heterocycles. The first-order valence-corrected chi connectivity index (χ1v) is 11.0. The Morgan fingerprint density at radius 2 is 0.968 bits per heavy atom. The Hall–Kier alpha value is -2.64. The predicted molar refractivity (Wildman–Crippen MR) is 141 cm³/mol. The third kappa shape index (κ3) is 19.1. The van der Waals surface area contributed by atoms with Crippen LogP contribution in [0, 0.1) is 0 Å². The van der Waals surface area contributed by atoms with Crippen LogP contribution in [-0.2, 0) is 0 Å². The van der Waals surface area contributed by atoms with Gasteiger partial charge in [0.1, 0.15) is 0 Å². The van der Waals surface area contributed by atoms with Crippen LogP contribution in [0.15, 0.2) is 119 Å². The lowest BCUT2D eigenvalue weighted by molar-refractivity contribution is 0.331. The molecule has 1 N–H and O–H groups in total. The smallest absolute Gasteiger partial charge is 0.0642 e. The molecule has 0 atom stereocenters. The summed E-state index contributed by atoms with van der Waals surface area (Å²) in [5, 5.41) is 8.96. The van der Waals surface area contributed by atoms with Crippen molar-refractivity contribution in [2.45, 2.75) is 61.3 Å². The molecule has 0 aliphatic rings. The van der Waals surface area contributed by atoms with Crippen LogP contribution in [0.4, 0.5) is 0 Å². The molecule has 0 aromatic rings. The van der Waals surface area contributed by atoms with E-state index in [1.807, 2.05) is 37.3 Å². The Bertz CT molecular complexity index is 824. The summed E-state index contributed by atoms with van der Waals surface area (Å²) < 4.78 is 0. The molecule has 0 heterocycles. The third-order valence-electron chi connectivity index (χ3n) is 4.37. The molecule has 0 fully saturated rings. The minimum atomic E-state index is 0.100. The van der Waals surface area contributed by atoms with Gasteiger partial charge in [-0.3, -0.25) is 0 Å². The Kier molecular flexibility index (Phi) is 16.6. The molecule has 0 aromatic heterocycles. The quantitative estimate of drug-likeness (QED) is 0.248. The van der Waals surface area contributed by atoms with Crippen LogP contribution in [-0.4, -0.2) is 11.7 Å². The second-order valence-electron chi connectivity index (χ2n) is 8.20. The molecular weight excluding hydrogens is 376 g/mol. The van der Waals surface area contributed by atoms with Crippen molar-refractivity contribution in [2.24, 2.45) is 0 Å². The molecule has 0 saturated heterocycles. The van der Waals surface area contributed by atoms with E-state index in [0.29, 0.717) is 0 Å². The standard InChI is InChI=1S/C30H42O/c1-25(2)14-10-17-28(5)19-12-21-29(6)20-11-18-26(3)15-8-9-16-27(4)22-13-23-30(7)24-31/h8-9,11-16,18-23,31H,10,17,24H2,1-7H3. The topological polar surface area (TPSA) is 20.2 Å². The molecule has 0 radical (unpaired) electrons. The highest BCUT2D eigenvalue weighted by Gasteiger charge is 1.87. The molecule has 1 heteroatoms. The molecule has 0 bridgehead atoms. The number of allylic oxidation sites excluding steroid dienone is 19. The summed E-state index contributed by atoms with van der Waals surface area (Å²) in [6.07, 6.45) is 31.5. The van der Waals surface area contributed by atoms with Gasteiger partial charge in [0.05, 0.1) is 6.61 Å². The SMILES string of the molecule is CC(C)=CCCC(C)=CC=CC(C)=CC=CC(C)=CC=CC=C(C)C=CC=C(C)CO. The largest absolute Gasteiger partial charge is 0.392 e. The van der Waals surface area contributed by atoms with Gasteiger partial charge in [0.25, 0.3) is 0 Å². The van der Waals surface area contributed by atoms with Gasteiger partial charge < -0.3 is 5.11 Å². The van der Waals surface area contributed by atoms with E-state index in [4.69, 9.17) is 5.11 Å². The zero-order chi connectivity index (χ0) is 23.5. The molecule has 0 aromatic carbocycles. The molecule has 0 spiro atoms. The summed E-state index contributed by atoms with van der Waals surface area (Å²) >= 11 is 0. The van der Waals surface area contributed by atoms with Crippen molar-refractivity contribution in [3.8, 4) is 0 Å². The average molecular weight is 419 g/mol. The van der Waals surface area contributed by atoms with E-state index in [1.165, 1.54) is 22.3 Å². The van der Waals surface area contributed by atoms with Crippen molar-refractivity contribution in [2.75, 3.05) is 6.61 Å². The fraction of sp³-hybridized carbons (Fsp3) is 0.333. The van der Waals surface area contributed by atoms with Gasteiger partial charge in [0.2, 0.25) is 0 Å². The van der Waals surface area contributed by atoms with Gasteiger partial charge in [-0.2, -0.15) is 0 Å². The predicted octanol–water partition coefficient (Wildman–Crippen LogP) is 8.68. The van der Waals surface area contributed by atoms with Crippen LogP contribution in [0.3, 0.4) is 0 Å². The summed E-state index contributed by atoms with van der Waals surface area (Å²) in [6.45, 7) is 14.7. The Morgan fingerprint density at radius 1 is 0.548 bits per heavy atom. The molecule has 31 heavy (non-hydrogen) atoms. The highest BCUT2D eigenvalue weighted by Crippen LogP contribution is 2.07. The average Bonchev–Trinajstić information content (AvgIpc) is 2.70. The number of rotatable bonds is 12. The normalized spacial score (nSPS) is 15.3. The summed E-state index contributed by atoms with van der Waals surface area (Å²) in [4.78, 5) is 0. The zero-order valence-corrected chi connectivity index (χ0v) is 20.7. The number of hydrogen-bond acceptors (Lipinski definition) is 1. The van der Waals surface area contributed by atoms with Crippen molar-refractivity contribution in [1.29, 1.82) is 0 Å². The molecule has 0 rings (SSSR count). The van der Waals surface area contributed by atoms with Gasteiger partial charge in [-0.1, -0.05) is 113 Å². The second-order valence-corrected chi connectivity index (χ2v) is 8.20. The van der Waals surface area contributed by atoms with Crippen molar-refractivity contribution >= 4 is 0 Å². The van der Waals surface area contributed by atoms with Crippen molar-refractivity contribution in [1.82, 2.24) is 0 Å². The highest BCUT2D eigenvalue weighted by molar-refractivity contribution is 5.31. The maximum absolute atomic E-state index is 8.96. The number of hydrogen-bond donors (Lipinski definition) is 1. The van der Waals surface area contributed by atoms with Crippen molar-refractivity contribution in [3.05, 3.63) is 119 Å². The molecule has 0 aliphatic carbocycles. The fourth-order valence-electron chi connectivity index (χ4n) is 2.39. The molecular formula is C30H42O. The van der Waals surface area contributed by atoms with Gasteiger partial charge >= 0.3 is 0 Å².